The molecule has 0 unspecified atom stereocenters. The molecule has 0 bridgehead atoms. The second kappa shape index (κ2) is 9.95. The number of para-hydroxylation sites is 2. The lowest BCUT2D eigenvalue weighted by Crippen LogP contribution is -2.51. The minimum absolute atomic E-state index is 0.172. The van der Waals surface area contributed by atoms with Crippen LogP contribution in [0, 0.1) is 11.8 Å². The SMILES string of the molecule is CC(C)Cc1ccc(C(=O)[C@@H]2[C@H](C(=O)c3ccccc3)N3c4ccccc4C=C[C@H]3[C@]23C(=O)Nc2ccccc23)cc1. The van der Waals surface area contributed by atoms with E-state index in [9.17, 15) is 14.4 Å². The molecule has 4 aromatic carbocycles. The molecule has 4 atom stereocenters. The van der Waals surface area contributed by atoms with Gasteiger partial charge in [-0.15, -0.1) is 0 Å². The molecule has 7 rings (SSSR count). The maximum Gasteiger partial charge on any atom is 0.238 e. The molecule has 3 aliphatic rings. The summed E-state index contributed by atoms with van der Waals surface area (Å²) in [5.74, 6) is -1.10. The third-order valence-electron chi connectivity index (χ3n) is 9.03. The second-order valence-corrected chi connectivity index (χ2v) is 12.0. The normalized spacial score (nSPS) is 23.5. The van der Waals surface area contributed by atoms with E-state index in [0.29, 0.717) is 22.7 Å². The lowest BCUT2D eigenvalue weighted by atomic mass is 9.64. The lowest BCUT2D eigenvalue weighted by Gasteiger charge is -2.37. The largest absolute Gasteiger partial charge is 0.352 e. The number of ketones is 2. The maximum atomic E-state index is 14.9. The minimum atomic E-state index is -1.30. The molecule has 4 aromatic rings. The summed E-state index contributed by atoms with van der Waals surface area (Å²) in [5.41, 5.74) is 4.11. The van der Waals surface area contributed by atoms with Gasteiger partial charge in [0.1, 0.15) is 11.5 Å². The Morgan fingerprint density at radius 2 is 1.48 bits per heavy atom. The Morgan fingerprint density at radius 1 is 0.810 bits per heavy atom. The average molecular weight is 553 g/mol. The summed E-state index contributed by atoms with van der Waals surface area (Å²) >= 11 is 0. The van der Waals surface area contributed by atoms with E-state index in [2.05, 4.69) is 19.2 Å². The first-order chi connectivity index (χ1) is 20.4. The van der Waals surface area contributed by atoms with Gasteiger partial charge in [-0.1, -0.05) is 117 Å². The number of hydrogen-bond donors (Lipinski definition) is 1. The van der Waals surface area contributed by atoms with Crippen molar-refractivity contribution in [1.82, 2.24) is 0 Å². The molecule has 0 aliphatic carbocycles. The van der Waals surface area contributed by atoms with Crippen molar-refractivity contribution in [3.05, 3.63) is 137 Å². The molecule has 1 N–H and O–H groups in total. The van der Waals surface area contributed by atoms with Crippen LogP contribution in [0.25, 0.3) is 6.08 Å². The maximum absolute atomic E-state index is 14.9. The van der Waals surface area contributed by atoms with Crippen LogP contribution in [-0.4, -0.2) is 29.6 Å². The minimum Gasteiger partial charge on any atom is -0.352 e. The van der Waals surface area contributed by atoms with Crippen LogP contribution in [0.15, 0.2) is 109 Å². The second-order valence-electron chi connectivity index (χ2n) is 12.0. The predicted octanol–water partition coefficient (Wildman–Crippen LogP) is 6.74. The molecule has 208 valence electrons. The summed E-state index contributed by atoms with van der Waals surface area (Å²) in [6.07, 6.45) is 4.93. The van der Waals surface area contributed by atoms with Gasteiger partial charge in [0.05, 0.1) is 12.0 Å². The summed E-state index contributed by atoms with van der Waals surface area (Å²) < 4.78 is 0. The Hall–Kier alpha value is -4.77. The van der Waals surface area contributed by atoms with Crippen LogP contribution in [0.2, 0.25) is 0 Å². The molecule has 0 aromatic heterocycles. The van der Waals surface area contributed by atoms with Gasteiger partial charge in [0.25, 0.3) is 0 Å². The number of rotatable bonds is 6. The van der Waals surface area contributed by atoms with E-state index in [1.807, 2.05) is 108 Å². The van der Waals surface area contributed by atoms with Crippen molar-refractivity contribution in [2.45, 2.75) is 37.8 Å². The molecule has 1 fully saturated rings. The molecule has 1 amide bonds. The van der Waals surface area contributed by atoms with Gasteiger partial charge in [-0.3, -0.25) is 14.4 Å². The Balaban J connectivity index is 1.48. The van der Waals surface area contributed by atoms with Gasteiger partial charge in [-0.25, -0.2) is 0 Å². The molecule has 42 heavy (non-hydrogen) atoms. The highest BCUT2D eigenvalue weighted by Crippen LogP contribution is 2.58. The van der Waals surface area contributed by atoms with Crippen LogP contribution < -0.4 is 10.2 Å². The third-order valence-corrected chi connectivity index (χ3v) is 9.03. The van der Waals surface area contributed by atoms with Crippen LogP contribution in [0.1, 0.15) is 51.3 Å². The van der Waals surface area contributed by atoms with E-state index in [0.717, 1.165) is 28.8 Å². The Bertz CT molecular complexity index is 1740. The van der Waals surface area contributed by atoms with Crippen molar-refractivity contribution in [2.75, 3.05) is 10.2 Å². The standard InChI is InChI=1S/C37H32N2O3/c1-23(2)22-24-16-18-27(19-17-24)34(40)32-33(35(41)26-11-4-3-5-12-26)39-30-15-9-6-10-25(30)20-21-31(39)37(32)28-13-7-8-14-29(28)38-36(37)42/h3-21,23,31-33H,22H2,1-2H3,(H,38,42)/t31-,32-,33+,37-/m0/s1. The lowest BCUT2D eigenvalue weighted by molar-refractivity contribution is -0.121. The van der Waals surface area contributed by atoms with Gasteiger partial charge >= 0.3 is 0 Å². The van der Waals surface area contributed by atoms with Crippen LogP contribution in [-0.2, 0) is 16.6 Å². The van der Waals surface area contributed by atoms with E-state index in [1.54, 1.807) is 12.1 Å². The Labute approximate surface area is 245 Å². The molecule has 5 nitrogen and oxygen atoms in total. The predicted molar refractivity (Wildman–Crippen MR) is 166 cm³/mol. The van der Waals surface area contributed by atoms with Gasteiger partial charge in [0.15, 0.2) is 11.6 Å². The van der Waals surface area contributed by atoms with Crippen molar-refractivity contribution >= 4 is 34.9 Å². The highest BCUT2D eigenvalue weighted by molar-refractivity contribution is 6.18. The van der Waals surface area contributed by atoms with E-state index in [1.165, 1.54) is 0 Å². The topological polar surface area (TPSA) is 66.5 Å². The highest BCUT2D eigenvalue weighted by Gasteiger charge is 2.70. The van der Waals surface area contributed by atoms with Crippen molar-refractivity contribution in [3.63, 3.8) is 0 Å². The Kier molecular flexibility index (Phi) is 6.19. The molecule has 1 saturated heterocycles. The summed E-state index contributed by atoms with van der Waals surface area (Å²) in [7, 11) is 0. The Morgan fingerprint density at radius 3 is 2.24 bits per heavy atom. The van der Waals surface area contributed by atoms with Crippen molar-refractivity contribution in [3.8, 4) is 0 Å². The number of hydrogen-bond acceptors (Lipinski definition) is 4. The monoisotopic (exact) mass is 552 g/mol. The molecule has 3 heterocycles. The van der Waals surface area contributed by atoms with Crippen molar-refractivity contribution in [2.24, 2.45) is 11.8 Å². The number of fused-ring (bicyclic) bond motifs is 6. The van der Waals surface area contributed by atoms with Gasteiger partial charge in [-0.2, -0.15) is 0 Å². The first kappa shape index (κ1) is 26.1. The number of anilines is 2. The fraction of sp³-hybridized carbons (Fsp3) is 0.216. The number of amides is 1. The molecule has 5 heteroatoms. The van der Waals surface area contributed by atoms with Crippen LogP contribution in [0.3, 0.4) is 0 Å². The van der Waals surface area contributed by atoms with Crippen molar-refractivity contribution in [1.29, 1.82) is 0 Å². The molecule has 0 saturated carbocycles. The fourth-order valence-corrected chi connectivity index (χ4v) is 7.35. The van der Waals surface area contributed by atoms with Crippen LogP contribution >= 0.6 is 0 Å². The van der Waals surface area contributed by atoms with Crippen LogP contribution in [0.4, 0.5) is 11.4 Å². The molecular formula is C37H32N2O3. The van der Waals surface area contributed by atoms with Gasteiger partial charge in [0, 0.05) is 22.5 Å². The van der Waals surface area contributed by atoms with Gasteiger partial charge in [-0.05, 0) is 41.2 Å². The fourth-order valence-electron chi connectivity index (χ4n) is 7.35. The van der Waals surface area contributed by atoms with Crippen molar-refractivity contribution < 1.29 is 14.4 Å². The van der Waals surface area contributed by atoms with E-state index in [-0.39, 0.29) is 17.5 Å². The number of carbonyl (C=O) groups excluding carboxylic acids is 3. The quantitative estimate of drug-likeness (QED) is 0.269. The summed E-state index contributed by atoms with van der Waals surface area (Å²) in [6, 6.07) is 30.9. The number of nitrogens with one attached hydrogen (secondary N) is 1. The average Bonchev–Trinajstić information content (AvgIpc) is 3.49. The zero-order valence-electron chi connectivity index (χ0n) is 23.7. The molecule has 1 spiro atoms. The van der Waals surface area contributed by atoms with Gasteiger partial charge in [0.2, 0.25) is 5.91 Å². The first-order valence-electron chi connectivity index (χ1n) is 14.6. The summed E-state index contributed by atoms with van der Waals surface area (Å²) in [5, 5.41) is 3.09. The number of nitrogens with zero attached hydrogens (tertiary/aromatic N) is 1. The number of benzene rings is 4. The van der Waals surface area contributed by atoms with E-state index >= 15 is 0 Å². The number of Topliss-reactive ketones (excluding diaryl/α,β-unsaturated/α-hetero) is 2. The highest BCUT2D eigenvalue weighted by atomic mass is 16.2. The summed E-state index contributed by atoms with van der Waals surface area (Å²) in [6.45, 7) is 4.33. The number of carbonyl (C=O) groups is 3. The summed E-state index contributed by atoms with van der Waals surface area (Å²) in [4.78, 5) is 46.0. The third kappa shape index (κ3) is 3.80. The smallest absolute Gasteiger partial charge is 0.238 e. The van der Waals surface area contributed by atoms with E-state index in [4.69, 9.17) is 0 Å². The zero-order chi connectivity index (χ0) is 29.0. The van der Waals surface area contributed by atoms with E-state index < -0.39 is 23.4 Å². The first-order valence-corrected chi connectivity index (χ1v) is 14.6. The molecule has 0 radical (unpaired) electrons. The van der Waals surface area contributed by atoms with Gasteiger partial charge < -0.3 is 10.2 Å². The molecular weight excluding hydrogens is 520 g/mol. The van der Waals surface area contributed by atoms with Crippen LogP contribution in [0.5, 0.6) is 0 Å². The zero-order valence-corrected chi connectivity index (χ0v) is 23.7. The molecule has 3 aliphatic heterocycles.